The molecule has 11 heteroatoms. The summed E-state index contributed by atoms with van der Waals surface area (Å²) in [4.78, 5) is 11.7. The Morgan fingerprint density at radius 1 is 1.32 bits per heavy atom. The Balaban J connectivity index is 2.23. The van der Waals surface area contributed by atoms with Crippen molar-refractivity contribution in [3.8, 4) is 0 Å². The van der Waals surface area contributed by atoms with E-state index in [0.717, 1.165) is 22.7 Å². The predicted octanol–water partition coefficient (Wildman–Crippen LogP) is 3.02. The third kappa shape index (κ3) is 3.76. The molecule has 0 saturated heterocycles. The molecule has 0 radical (unpaired) electrons. The third-order valence-electron chi connectivity index (χ3n) is 3.16. The van der Waals surface area contributed by atoms with Gasteiger partial charge in [0.1, 0.15) is 16.6 Å². The van der Waals surface area contributed by atoms with Crippen LogP contribution in [-0.4, -0.2) is 26.1 Å². The van der Waals surface area contributed by atoms with Crippen molar-refractivity contribution in [2.45, 2.75) is 10.8 Å². The Labute approximate surface area is 154 Å². The summed E-state index contributed by atoms with van der Waals surface area (Å²) in [5.74, 6) is -1.06. The Morgan fingerprint density at radius 3 is 2.72 bits per heavy atom. The van der Waals surface area contributed by atoms with Crippen molar-refractivity contribution in [3.63, 3.8) is 0 Å². The van der Waals surface area contributed by atoms with Gasteiger partial charge in [-0.2, -0.15) is 8.42 Å². The van der Waals surface area contributed by atoms with E-state index in [0.29, 0.717) is 14.6 Å². The van der Waals surface area contributed by atoms with Gasteiger partial charge in [-0.25, -0.2) is 4.39 Å². The van der Waals surface area contributed by atoms with Gasteiger partial charge in [0, 0.05) is 0 Å². The first-order chi connectivity index (χ1) is 11.8. The number of nitrogens with zero attached hydrogens (tertiary/aromatic N) is 2. The minimum absolute atomic E-state index is 0.0224. The molecule has 0 atom stereocenters. The van der Waals surface area contributed by atoms with E-state index in [1.54, 1.807) is 0 Å². The minimum atomic E-state index is -4.01. The number of esters is 1. The SMILES string of the molecule is COC(=O)Cn1c(=NS(=O)(=O)c2ccc(Cl)s2)sc2cc(F)ccc21. The number of thiophene rings is 1. The number of ether oxygens (including phenoxy) is 1. The van der Waals surface area contributed by atoms with Crippen molar-refractivity contribution >= 4 is 60.5 Å². The third-order valence-corrected chi connectivity index (χ3v) is 7.28. The number of halogens is 2. The molecule has 0 aliphatic rings. The number of sulfonamides is 1. The lowest BCUT2D eigenvalue weighted by molar-refractivity contribution is -0.141. The summed E-state index contributed by atoms with van der Waals surface area (Å²) in [6, 6.07) is 6.74. The maximum absolute atomic E-state index is 13.5. The summed E-state index contributed by atoms with van der Waals surface area (Å²) < 4.78 is 48.9. The van der Waals surface area contributed by atoms with E-state index < -0.39 is 21.8 Å². The molecule has 0 bridgehead atoms. The highest BCUT2D eigenvalue weighted by molar-refractivity contribution is 7.92. The molecule has 132 valence electrons. The highest BCUT2D eigenvalue weighted by atomic mass is 35.5. The molecule has 0 spiro atoms. The lowest BCUT2D eigenvalue weighted by Gasteiger charge is -2.03. The van der Waals surface area contributed by atoms with Crippen LogP contribution in [0.3, 0.4) is 0 Å². The summed E-state index contributed by atoms with van der Waals surface area (Å²) in [5, 5.41) is 0. The number of carbonyl (C=O) groups excluding carboxylic acids is 1. The van der Waals surface area contributed by atoms with Crippen LogP contribution in [0.1, 0.15) is 0 Å². The Bertz CT molecular complexity index is 1130. The molecule has 0 aliphatic carbocycles. The van der Waals surface area contributed by atoms with E-state index >= 15 is 0 Å². The number of carbonyl (C=O) groups is 1. The zero-order chi connectivity index (χ0) is 18.2. The molecular formula is C14H10ClFN2O4S3. The Kier molecular flexibility index (Phi) is 4.96. The smallest absolute Gasteiger partial charge is 0.325 e. The van der Waals surface area contributed by atoms with Crippen molar-refractivity contribution < 1.29 is 22.3 Å². The molecule has 0 amide bonds. The number of methoxy groups -OCH3 is 1. The minimum Gasteiger partial charge on any atom is -0.468 e. The molecule has 2 heterocycles. The molecule has 2 aromatic heterocycles. The number of benzene rings is 1. The second-order valence-electron chi connectivity index (χ2n) is 4.78. The fraction of sp³-hybridized carbons (Fsp3) is 0.143. The van der Waals surface area contributed by atoms with Gasteiger partial charge in [-0.05, 0) is 30.3 Å². The number of thiazole rings is 1. The normalized spacial score (nSPS) is 12.7. The van der Waals surface area contributed by atoms with Crippen LogP contribution in [0.2, 0.25) is 4.34 Å². The average Bonchev–Trinajstić information content (AvgIpc) is 3.11. The van der Waals surface area contributed by atoms with Crippen molar-refractivity contribution in [2.75, 3.05) is 7.11 Å². The molecule has 3 rings (SSSR count). The number of fused-ring (bicyclic) bond motifs is 1. The van der Waals surface area contributed by atoms with Crippen LogP contribution in [0.4, 0.5) is 4.39 Å². The highest BCUT2D eigenvalue weighted by Gasteiger charge is 2.18. The summed E-state index contributed by atoms with van der Waals surface area (Å²) >= 11 is 7.61. The summed E-state index contributed by atoms with van der Waals surface area (Å²) in [5.41, 5.74) is 0.481. The highest BCUT2D eigenvalue weighted by Crippen LogP contribution is 2.27. The topological polar surface area (TPSA) is 77.7 Å². The second-order valence-corrected chi connectivity index (χ2v) is 9.34. The summed E-state index contributed by atoms with van der Waals surface area (Å²) in [7, 11) is -2.79. The van der Waals surface area contributed by atoms with Crippen LogP contribution in [0.15, 0.2) is 38.9 Å². The maximum atomic E-state index is 13.5. The van der Waals surface area contributed by atoms with Gasteiger partial charge in [0.25, 0.3) is 10.0 Å². The fourth-order valence-corrected chi connectivity index (χ4v) is 5.77. The standard InChI is InChI=1S/C14H10ClFN2O4S3/c1-22-12(19)7-18-9-3-2-8(16)6-10(9)23-14(18)17-25(20,21)13-5-4-11(15)24-13/h2-6H,7H2,1H3. The van der Waals surface area contributed by atoms with E-state index in [4.69, 9.17) is 11.6 Å². The van der Waals surface area contributed by atoms with Crippen molar-refractivity contribution in [3.05, 3.63) is 45.3 Å². The molecule has 0 unspecified atom stereocenters. The van der Waals surface area contributed by atoms with Gasteiger partial charge in [-0.15, -0.1) is 15.7 Å². The molecule has 3 aromatic rings. The van der Waals surface area contributed by atoms with Crippen molar-refractivity contribution in [1.29, 1.82) is 0 Å². The first-order valence-electron chi connectivity index (χ1n) is 6.72. The number of hydrogen-bond acceptors (Lipinski definition) is 6. The maximum Gasteiger partial charge on any atom is 0.325 e. The van der Waals surface area contributed by atoms with Crippen molar-refractivity contribution in [2.24, 2.45) is 4.40 Å². The fourth-order valence-electron chi connectivity index (χ4n) is 2.05. The molecule has 0 saturated carbocycles. The largest absolute Gasteiger partial charge is 0.468 e. The molecule has 0 aliphatic heterocycles. The van der Waals surface area contributed by atoms with E-state index in [9.17, 15) is 17.6 Å². The molecular weight excluding hydrogens is 411 g/mol. The van der Waals surface area contributed by atoms with E-state index in [-0.39, 0.29) is 15.6 Å². The van der Waals surface area contributed by atoms with Crippen LogP contribution in [0.5, 0.6) is 0 Å². The molecule has 1 aromatic carbocycles. The van der Waals surface area contributed by atoms with Crippen molar-refractivity contribution in [1.82, 2.24) is 4.57 Å². The van der Waals surface area contributed by atoms with Crippen LogP contribution in [0, 0.1) is 5.82 Å². The molecule has 0 fully saturated rings. The van der Waals surface area contributed by atoms with E-state index in [2.05, 4.69) is 9.13 Å². The van der Waals surface area contributed by atoms with Gasteiger partial charge in [-0.1, -0.05) is 22.9 Å². The van der Waals surface area contributed by atoms with Crippen LogP contribution >= 0.6 is 34.3 Å². The first-order valence-corrected chi connectivity index (χ1v) is 10.2. The van der Waals surface area contributed by atoms with Gasteiger partial charge in [-0.3, -0.25) is 4.79 Å². The van der Waals surface area contributed by atoms with E-state index in [1.807, 2.05) is 0 Å². The Morgan fingerprint density at radius 2 is 2.08 bits per heavy atom. The van der Waals surface area contributed by atoms with Crippen LogP contribution in [-0.2, 0) is 26.1 Å². The second kappa shape index (κ2) is 6.87. The number of rotatable bonds is 4. The number of hydrogen-bond donors (Lipinski definition) is 0. The first kappa shape index (κ1) is 18.1. The summed E-state index contributed by atoms with van der Waals surface area (Å²) in [6.07, 6.45) is 0. The Hall–Kier alpha value is -1.75. The van der Waals surface area contributed by atoms with Gasteiger partial charge in [0.05, 0.1) is 21.7 Å². The zero-order valence-corrected chi connectivity index (χ0v) is 15.8. The van der Waals surface area contributed by atoms with Gasteiger partial charge < -0.3 is 9.30 Å². The lowest BCUT2D eigenvalue weighted by atomic mass is 10.3. The van der Waals surface area contributed by atoms with Gasteiger partial charge >= 0.3 is 5.97 Å². The summed E-state index contributed by atoms with van der Waals surface area (Å²) in [6.45, 7) is -0.248. The zero-order valence-electron chi connectivity index (χ0n) is 12.6. The quantitative estimate of drug-likeness (QED) is 0.608. The molecule has 0 N–H and O–H groups in total. The monoisotopic (exact) mass is 420 g/mol. The number of aromatic nitrogens is 1. The average molecular weight is 421 g/mol. The predicted molar refractivity (Wildman–Crippen MR) is 93.9 cm³/mol. The molecule has 25 heavy (non-hydrogen) atoms. The van der Waals surface area contributed by atoms with Crippen LogP contribution < -0.4 is 4.80 Å². The lowest BCUT2D eigenvalue weighted by Crippen LogP contribution is -2.22. The van der Waals surface area contributed by atoms with Gasteiger partial charge in [0.15, 0.2) is 0 Å². The van der Waals surface area contributed by atoms with Gasteiger partial charge in [0.2, 0.25) is 4.80 Å². The molecule has 6 nitrogen and oxygen atoms in total. The van der Waals surface area contributed by atoms with Crippen LogP contribution in [0.25, 0.3) is 10.2 Å². The van der Waals surface area contributed by atoms with E-state index in [1.165, 1.54) is 42.0 Å².